The number of carboxylic acid groups (broad SMARTS) is 1. The molecule has 6 nitrogen and oxygen atoms in total. The van der Waals surface area contributed by atoms with Gasteiger partial charge < -0.3 is 15.2 Å². The zero-order valence-electron chi connectivity index (χ0n) is 11.6. The van der Waals surface area contributed by atoms with Gasteiger partial charge in [-0.25, -0.2) is 4.79 Å². The van der Waals surface area contributed by atoms with E-state index in [1.54, 1.807) is 0 Å². The number of amides is 1. The average Bonchev–Trinajstić information content (AvgIpc) is 2.71. The van der Waals surface area contributed by atoms with E-state index >= 15 is 0 Å². The molecule has 0 unspecified atom stereocenters. The van der Waals surface area contributed by atoms with Crippen LogP contribution in [0.1, 0.15) is 40.6 Å². The van der Waals surface area contributed by atoms with Crippen LogP contribution in [0.25, 0.3) is 0 Å². The molecule has 110 valence electrons. The van der Waals surface area contributed by atoms with Crippen LogP contribution in [0.15, 0.2) is 0 Å². The molecule has 1 amide bonds. The quantitative estimate of drug-likeness (QED) is 0.786. The molecule has 0 aromatic carbocycles. The molecule has 2 N–H and O–H groups in total. The summed E-state index contributed by atoms with van der Waals surface area (Å²) in [6, 6.07) is 0. The second-order valence-electron chi connectivity index (χ2n) is 4.13. The van der Waals surface area contributed by atoms with E-state index in [2.05, 4.69) is 5.32 Å². The molecule has 7 heteroatoms. The minimum atomic E-state index is -1.04. The lowest BCUT2D eigenvalue weighted by atomic mass is 10.1. The number of rotatable bonds is 6. The van der Waals surface area contributed by atoms with E-state index in [0.29, 0.717) is 17.0 Å². The number of esters is 1. The number of ether oxygens (including phenoxy) is 1. The summed E-state index contributed by atoms with van der Waals surface area (Å²) < 4.78 is 4.73. The van der Waals surface area contributed by atoms with Gasteiger partial charge in [-0.15, -0.1) is 11.3 Å². The van der Waals surface area contributed by atoms with Gasteiger partial charge in [0.25, 0.3) is 0 Å². The number of carbonyl (C=O) groups excluding carboxylic acids is 2. The topological polar surface area (TPSA) is 92.7 Å². The monoisotopic (exact) mass is 299 g/mol. The summed E-state index contributed by atoms with van der Waals surface area (Å²) in [4.78, 5) is 34.8. The Labute approximate surface area is 120 Å². The molecule has 0 bridgehead atoms. The van der Waals surface area contributed by atoms with Gasteiger partial charge in [-0.1, -0.05) is 6.92 Å². The van der Waals surface area contributed by atoms with Crippen molar-refractivity contribution in [2.75, 3.05) is 12.4 Å². The first-order valence-electron chi connectivity index (χ1n) is 6.12. The number of hydrogen-bond acceptors (Lipinski definition) is 5. The molecule has 20 heavy (non-hydrogen) atoms. The van der Waals surface area contributed by atoms with Crippen LogP contribution in [-0.4, -0.2) is 30.1 Å². The fourth-order valence-electron chi connectivity index (χ4n) is 1.82. The van der Waals surface area contributed by atoms with Gasteiger partial charge in [-0.05, 0) is 18.9 Å². The summed E-state index contributed by atoms with van der Waals surface area (Å²) in [6.07, 6.45) is 0.274. The Balaban J connectivity index is 2.97. The van der Waals surface area contributed by atoms with Crippen molar-refractivity contribution >= 4 is 34.2 Å². The van der Waals surface area contributed by atoms with Crippen molar-refractivity contribution < 1.29 is 24.2 Å². The van der Waals surface area contributed by atoms with Gasteiger partial charge in [-0.3, -0.25) is 9.59 Å². The van der Waals surface area contributed by atoms with Crippen LogP contribution in [-0.2, 0) is 20.7 Å². The third-order valence-corrected chi connectivity index (χ3v) is 3.83. The van der Waals surface area contributed by atoms with Crippen LogP contribution in [0.5, 0.6) is 0 Å². The molecule has 0 saturated heterocycles. The molecule has 1 rings (SSSR count). The molecule has 0 spiro atoms. The molecule has 1 heterocycles. The lowest BCUT2D eigenvalue weighted by Crippen LogP contribution is -2.15. The number of nitrogens with one attached hydrogen (secondary N) is 1. The molecule has 0 fully saturated rings. The second kappa shape index (κ2) is 7.04. The van der Waals surface area contributed by atoms with Gasteiger partial charge in [0.1, 0.15) is 5.00 Å². The highest BCUT2D eigenvalue weighted by molar-refractivity contribution is 7.16. The van der Waals surface area contributed by atoms with E-state index in [0.717, 1.165) is 10.4 Å². The van der Waals surface area contributed by atoms with Gasteiger partial charge in [0.2, 0.25) is 5.91 Å². The van der Waals surface area contributed by atoms with Crippen LogP contribution in [0, 0.1) is 6.92 Å². The number of anilines is 1. The molecule has 0 aliphatic carbocycles. The molecule has 0 aliphatic rings. The molecule has 1 aromatic heterocycles. The van der Waals surface area contributed by atoms with Crippen LogP contribution in [0.3, 0.4) is 0 Å². The number of aryl methyl sites for hydroxylation is 1. The number of thiophene rings is 1. The number of carbonyl (C=O) groups is 3. The standard InChI is InChI=1S/C13H17NO5S/c1-4-8-7(2)20-12(11(8)13(18)19-3)14-9(15)5-6-10(16)17/h4-6H2,1-3H3,(H,14,15)(H,16,17). The highest BCUT2D eigenvalue weighted by Crippen LogP contribution is 2.34. The Bertz CT molecular complexity index is 535. The Morgan fingerprint density at radius 3 is 2.45 bits per heavy atom. The number of hydrogen-bond donors (Lipinski definition) is 2. The fourth-order valence-corrected chi connectivity index (χ4v) is 2.97. The predicted octanol–water partition coefficient (Wildman–Crippen LogP) is 2.21. The van der Waals surface area contributed by atoms with Gasteiger partial charge in [-0.2, -0.15) is 0 Å². The number of aliphatic carboxylic acids is 1. The highest BCUT2D eigenvalue weighted by atomic mass is 32.1. The zero-order chi connectivity index (χ0) is 15.3. The number of methoxy groups -OCH3 is 1. The van der Waals surface area contributed by atoms with Crippen molar-refractivity contribution in [2.24, 2.45) is 0 Å². The van der Waals surface area contributed by atoms with Crippen molar-refractivity contribution in [1.29, 1.82) is 0 Å². The fraction of sp³-hybridized carbons (Fsp3) is 0.462. The summed E-state index contributed by atoms with van der Waals surface area (Å²) in [5, 5.41) is 11.6. The summed E-state index contributed by atoms with van der Waals surface area (Å²) in [5.41, 5.74) is 1.21. The minimum Gasteiger partial charge on any atom is -0.481 e. The maximum absolute atomic E-state index is 11.8. The molecule has 0 saturated carbocycles. The summed E-state index contributed by atoms with van der Waals surface area (Å²) in [5.74, 6) is -1.97. The Morgan fingerprint density at radius 1 is 1.30 bits per heavy atom. The third kappa shape index (κ3) is 3.80. The van der Waals surface area contributed by atoms with E-state index in [1.165, 1.54) is 18.4 Å². The Morgan fingerprint density at radius 2 is 1.95 bits per heavy atom. The zero-order valence-corrected chi connectivity index (χ0v) is 12.4. The first-order valence-corrected chi connectivity index (χ1v) is 6.94. The van der Waals surface area contributed by atoms with Crippen molar-refractivity contribution in [2.45, 2.75) is 33.1 Å². The second-order valence-corrected chi connectivity index (χ2v) is 5.35. The van der Waals surface area contributed by atoms with Gasteiger partial charge in [0.05, 0.1) is 19.1 Å². The molecular weight excluding hydrogens is 282 g/mol. The third-order valence-electron chi connectivity index (χ3n) is 2.77. The van der Waals surface area contributed by atoms with Crippen LogP contribution >= 0.6 is 11.3 Å². The smallest absolute Gasteiger partial charge is 0.341 e. The average molecular weight is 299 g/mol. The van der Waals surface area contributed by atoms with E-state index in [1.807, 2.05) is 13.8 Å². The summed E-state index contributed by atoms with van der Waals surface area (Å²) in [7, 11) is 1.28. The molecular formula is C13H17NO5S. The van der Waals surface area contributed by atoms with Gasteiger partial charge in [0, 0.05) is 11.3 Å². The van der Waals surface area contributed by atoms with Crippen LogP contribution in [0.4, 0.5) is 5.00 Å². The van der Waals surface area contributed by atoms with Crippen molar-refractivity contribution in [3.05, 3.63) is 16.0 Å². The molecule has 0 radical (unpaired) electrons. The van der Waals surface area contributed by atoms with Gasteiger partial charge in [0.15, 0.2) is 0 Å². The highest BCUT2D eigenvalue weighted by Gasteiger charge is 2.22. The molecule has 0 aliphatic heterocycles. The van der Waals surface area contributed by atoms with Crippen LogP contribution < -0.4 is 5.32 Å². The largest absolute Gasteiger partial charge is 0.481 e. The predicted molar refractivity (Wildman–Crippen MR) is 75.3 cm³/mol. The van der Waals surface area contributed by atoms with E-state index in [4.69, 9.17) is 9.84 Å². The lowest BCUT2D eigenvalue weighted by molar-refractivity contribution is -0.138. The van der Waals surface area contributed by atoms with E-state index < -0.39 is 17.8 Å². The first kappa shape index (κ1) is 16.2. The normalized spacial score (nSPS) is 10.2. The lowest BCUT2D eigenvalue weighted by Gasteiger charge is -2.06. The van der Waals surface area contributed by atoms with E-state index in [-0.39, 0.29) is 12.8 Å². The maximum Gasteiger partial charge on any atom is 0.341 e. The Hall–Kier alpha value is -1.89. The SMILES string of the molecule is CCc1c(C)sc(NC(=O)CCC(=O)O)c1C(=O)OC. The number of carboxylic acids is 1. The summed E-state index contributed by atoms with van der Waals surface area (Å²) >= 11 is 1.29. The van der Waals surface area contributed by atoms with Crippen LogP contribution in [0.2, 0.25) is 0 Å². The molecule has 1 aromatic rings. The van der Waals surface area contributed by atoms with Crippen molar-refractivity contribution in [1.82, 2.24) is 0 Å². The van der Waals surface area contributed by atoms with E-state index in [9.17, 15) is 14.4 Å². The molecule has 0 atom stereocenters. The van der Waals surface area contributed by atoms with Crippen molar-refractivity contribution in [3.8, 4) is 0 Å². The Kier molecular flexibility index (Phi) is 5.69. The maximum atomic E-state index is 11.8. The minimum absolute atomic E-state index is 0.131. The van der Waals surface area contributed by atoms with Gasteiger partial charge >= 0.3 is 11.9 Å². The first-order chi connectivity index (χ1) is 9.40. The summed E-state index contributed by atoms with van der Waals surface area (Å²) in [6.45, 7) is 3.78. The van der Waals surface area contributed by atoms with Crippen molar-refractivity contribution in [3.63, 3.8) is 0 Å².